The maximum absolute atomic E-state index is 12.2. The van der Waals surface area contributed by atoms with Crippen molar-refractivity contribution in [3.05, 3.63) is 59.2 Å². The first-order valence-electron chi connectivity index (χ1n) is 7.00. The zero-order valence-corrected chi connectivity index (χ0v) is 12.5. The highest BCUT2D eigenvalue weighted by Crippen LogP contribution is 2.29. The van der Waals surface area contributed by atoms with Crippen LogP contribution in [0.3, 0.4) is 0 Å². The lowest BCUT2D eigenvalue weighted by Crippen LogP contribution is -2.38. The molecule has 2 aromatic carbocycles. The highest BCUT2D eigenvalue weighted by atomic mass is 16.2. The van der Waals surface area contributed by atoms with Crippen LogP contribution in [0.2, 0.25) is 0 Å². The molecule has 108 valence electrons. The van der Waals surface area contributed by atoms with Gasteiger partial charge in [0, 0.05) is 19.8 Å². The number of nitrogens with one attached hydrogen (secondary N) is 2. The van der Waals surface area contributed by atoms with Gasteiger partial charge in [-0.2, -0.15) is 0 Å². The third kappa shape index (κ3) is 2.44. The van der Waals surface area contributed by atoms with Gasteiger partial charge in [0.15, 0.2) is 0 Å². The number of hydrogen-bond donors (Lipinski definition) is 2. The molecular weight excluding hydrogens is 262 g/mol. The molecule has 1 amide bonds. The molecule has 0 saturated heterocycles. The molecule has 0 aromatic heterocycles. The molecule has 21 heavy (non-hydrogen) atoms. The van der Waals surface area contributed by atoms with Crippen molar-refractivity contribution < 1.29 is 4.79 Å². The van der Waals surface area contributed by atoms with Crippen molar-refractivity contribution in [1.82, 2.24) is 5.32 Å². The standard InChI is InChI=1S/C17H19N3O/c1-11-5-4-6-14-15(11)18-16(19-17(14)21)12-7-9-13(10-8-12)20(2)3/h4-10,16,18H,1-3H3,(H,19,21). The molecule has 0 bridgehead atoms. The molecule has 1 aliphatic rings. The van der Waals surface area contributed by atoms with Crippen LogP contribution in [0.1, 0.15) is 27.7 Å². The number of rotatable bonds is 2. The first-order chi connectivity index (χ1) is 10.1. The Hall–Kier alpha value is -2.49. The second-order valence-corrected chi connectivity index (χ2v) is 5.53. The minimum atomic E-state index is -0.192. The van der Waals surface area contributed by atoms with Gasteiger partial charge < -0.3 is 15.5 Å². The van der Waals surface area contributed by atoms with E-state index in [0.717, 1.165) is 22.5 Å². The van der Waals surface area contributed by atoms with E-state index < -0.39 is 0 Å². The third-order valence-electron chi connectivity index (χ3n) is 3.82. The molecule has 1 atom stereocenters. The van der Waals surface area contributed by atoms with Gasteiger partial charge in [0.25, 0.3) is 5.91 Å². The van der Waals surface area contributed by atoms with Gasteiger partial charge in [-0.15, -0.1) is 0 Å². The lowest BCUT2D eigenvalue weighted by Gasteiger charge is -2.29. The minimum absolute atomic E-state index is 0.0332. The fourth-order valence-electron chi connectivity index (χ4n) is 2.57. The molecule has 0 radical (unpaired) electrons. The van der Waals surface area contributed by atoms with Crippen molar-refractivity contribution >= 4 is 17.3 Å². The van der Waals surface area contributed by atoms with Gasteiger partial charge in [-0.05, 0) is 36.2 Å². The van der Waals surface area contributed by atoms with Gasteiger partial charge in [-0.25, -0.2) is 0 Å². The van der Waals surface area contributed by atoms with E-state index in [1.807, 2.05) is 51.4 Å². The molecular formula is C17H19N3O. The summed E-state index contributed by atoms with van der Waals surface area (Å²) in [7, 11) is 4.02. The SMILES string of the molecule is Cc1cccc2c1NC(c1ccc(N(C)C)cc1)NC2=O. The van der Waals surface area contributed by atoms with Crippen LogP contribution in [-0.2, 0) is 0 Å². The van der Waals surface area contributed by atoms with Crippen LogP contribution in [0, 0.1) is 6.92 Å². The number of benzene rings is 2. The molecule has 0 saturated carbocycles. The quantitative estimate of drug-likeness (QED) is 0.889. The van der Waals surface area contributed by atoms with Gasteiger partial charge in [0.2, 0.25) is 0 Å². The van der Waals surface area contributed by atoms with E-state index >= 15 is 0 Å². The van der Waals surface area contributed by atoms with E-state index in [0.29, 0.717) is 5.56 Å². The van der Waals surface area contributed by atoms with Crippen molar-refractivity contribution in [1.29, 1.82) is 0 Å². The van der Waals surface area contributed by atoms with Crippen LogP contribution in [0.25, 0.3) is 0 Å². The molecule has 4 heteroatoms. The van der Waals surface area contributed by atoms with Gasteiger partial charge >= 0.3 is 0 Å². The Kier molecular flexibility index (Phi) is 3.29. The third-order valence-corrected chi connectivity index (χ3v) is 3.82. The largest absolute Gasteiger partial charge is 0.378 e. The smallest absolute Gasteiger partial charge is 0.255 e. The van der Waals surface area contributed by atoms with Crippen molar-refractivity contribution in [2.45, 2.75) is 13.1 Å². The first-order valence-corrected chi connectivity index (χ1v) is 7.00. The van der Waals surface area contributed by atoms with Crippen molar-refractivity contribution in [3.63, 3.8) is 0 Å². The van der Waals surface area contributed by atoms with E-state index in [9.17, 15) is 4.79 Å². The Balaban J connectivity index is 1.92. The average Bonchev–Trinajstić information content (AvgIpc) is 2.48. The van der Waals surface area contributed by atoms with Crippen LogP contribution in [-0.4, -0.2) is 20.0 Å². The summed E-state index contributed by atoms with van der Waals surface area (Å²) >= 11 is 0. The Morgan fingerprint density at radius 3 is 2.38 bits per heavy atom. The van der Waals surface area contributed by atoms with E-state index in [-0.39, 0.29) is 12.1 Å². The topological polar surface area (TPSA) is 44.4 Å². The van der Waals surface area contributed by atoms with E-state index in [1.54, 1.807) is 0 Å². The molecule has 2 N–H and O–H groups in total. The summed E-state index contributed by atoms with van der Waals surface area (Å²) in [6.07, 6.45) is -0.192. The number of carbonyl (C=O) groups excluding carboxylic acids is 1. The van der Waals surface area contributed by atoms with Crippen molar-refractivity contribution in [2.24, 2.45) is 0 Å². The molecule has 1 aliphatic heterocycles. The van der Waals surface area contributed by atoms with Crippen molar-refractivity contribution in [3.8, 4) is 0 Å². The maximum atomic E-state index is 12.2. The Morgan fingerprint density at radius 1 is 1.00 bits per heavy atom. The highest BCUT2D eigenvalue weighted by molar-refractivity contribution is 6.02. The molecule has 4 nitrogen and oxygen atoms in total. The van der Waals surface area contributed by atoms with Gasteiger partial charge in [-0.1, -0.05) is 24.3 Å². The molecule has 1 unspecified atom stereocenters. The monoisotopic (exact) mass is 281 g/mol. The van der Waals surface area contributed by atoms with Gasteiger partial charge in [-0.3, -0.25) is 4.79 Å². The number of amides is 1. The second-order valence-electron chi connectivity index (χ2n) is 5.53. The predicted molar refractivity (Wildman–Crippen MR) is 85.8 cm³/mol. The Morgan fingerprint density at radius 2 is 1.71 bits per heavy atom. The van der Waals surface area contributed by atoms with Crippen molar-refractivity contribution in [2.75, 3.05) is 24.3 Å². The fraction of sp³-hybridized carbons (Fsp3) is 0.235. The van der Waals surface area contributed by atoms with Crippen LogP contribution < -0.4 is 15.5 Å². The van der Waals surface area contributed by atoms with E-state index in [4.69, 9.17) is 0 Å². The van der Waals surface area contributed by atoms with Crippen LogP contribution in [0.15, 0.2) is 42.5 Å². The zero-order chi connectivity index (χ0) is 15.0. The molecule has 0 spiro atoms. The van der Waals surface area contributed by atoms with Gasteiger partial charge in [0.05, 0.1) is 11.3 Å². The summed E-state index contributed by atoms with van der Waals surface area (Å²) in [5.41, 5.74) is 4.89. The second kappa shape index (κ2) is 5.13. The molecule has 2 aromatic rings. The van der Waals surface area contributed by atoms with Crippen LogP contribution in [0.4, 0.5) is 11.4 Å². The number of carbonyl (C=O) groups is 1. The lowest BCUT2D eigenvalue weighted by atomic mass is 10.0. The summed E-state index contributed by atoms with van der Waals surface area (Å²) in [5.74, 6) is -0.0332. The van der Waals surface area contributed by atoms with E-state index in [2.05, 4.69) is 27.7 Å². The molecule has 3 rings (SSSR count). The zero-order valence-electron chi connectivity index (χ0n) is 12.5. The summed E-state index contributed by atoms with van der Waals surface area (Å²) < 4.78 is 0. The number of anilines is 2. The molecule has 1 heterocycles. The van der Waals surface area contributed by atoms with Crippen LogP contribution >= 0.6 is 0 Å². The Labute approximate surface area is 124 Å². The summed E-state index contributed by atoms with van der Waals surface area (Å²) in [6, 6.07) is 13.9. The maximum Gasteiger partial charge on any atom is 0.255 e. The average molecular weight is 281 g/mol. The number of hydrogen-bond acceptors (Lipinski definition) is 3. The number of fused-ring (bicyclic) bond motifs is 1. The molecule has 0 aliphatic carbocycles. The number of nitrogens with zero attached hydrogens (tertiary/aromatic N) is 1. The summed E-state index contributed by atoms with van der Waals surface area (Å²) in [5, 5.41) is 6.42. The summed E-state index contributed by atoms with van der Waals surface area (Å²) in [6.45, 7) is 2.01. The lowest BCUT2D eigenvalue weighted by molar-refractivity contribution is 0.0935. The van der Waals surface area contributed by atoms with Crippen LogP contribution in [0.5, 0.6) is 0 Å². The molecule has 0 fully saturated rings. The van der Waals surface area contributed by atoms with E-state index in [1.165, 1.54) is 0 Å². The Bertz CT molecular complexity index is 677. The normalized spacial score (nSPS) is 16.7. The summed E-state index contributed by atoms with van der Waals surface area (Å²) in [4.78, 5) is 14.3. The fourth-order valence-corrected chi connectivity index (χ4v) is 2.57. The highest BCUT2D eigenvalue weighted by Gasteiger charge is 2.25. The van der Waals surface area contributed by atoms with Gasteiger partial charge in [0.1, 0.15) is 6.17 Å². The number of aryl methyl sites for hydroxylation is 1. The predicted octanol–water partition coefficient (Wildman–Crippen LogP) is 2.92. The number of para-hydroxylation sites is 1. The first kappa shape index (κ1) is 13.5. The minimum Gasteiger partial charge on any atom is -0.378 e.